The smallest absolute Gasteiger partial charge is 0.0139 e. The summed E-state index contributed by atoms with van der Waals surface area (Å²) in [5.74, 6) is 0.889. The monoisotopic (exact) mass is 223 g/mol. The summed E-state index contributed by atoms with van der Waals surface area (Å²) in [4.78, 5) is 0. The van der Waals surface area contributed by atoms with Crippen LogP contribution in [0.1, 0.15) is 30.4 Å². The number of nitrogens with two attached hydrogens (primary N) is 1. The van der Waals surface area contributed by atoms with Crippen molar-refractivity contribution in [3.8, 4) is 0 Å². The number of halogens is 1. The molecule has 2 N–H and O–H groups in total. The first-order chi connectivity index (χ1) is 6.73. The zero-order valence-corrected chi connectivity index (χ0v) is 9.89. The topological polar surface area (TPSA) is 26.0 Å². The molecular weight excluding hydrogens is 206 g/mol. The molecule has 3 rings (SSSR count). The molecule has 1 aromatic rings. The molecule has 2 aliphatic rings. The van der Waals surface area contributed by atoms with E-state index in [4.69, 9.17) is 5.73 Å². The standard InChI is InChI=1S/C13H17N.ClH/c1-9-2-4-10(5-3-9)13-8-11(13)6-7-12(13)14;/h2-5,11-12H,6-8,14H2,1H3;1H. The Morgan fingerprint density at radius 3 is 2.33 bits per heavy atom. The summed E-state index contributed by atoms with van der Waals surface area (Å²) < 4.78 is 0. The highest BCUT2D eigenvalue weighted by Crippen LogP contribution is 2.63. The van der Waals surface area contributed by atoms with Crippen molar-refractivity contribution in [1.82, 2.24) is 0 Å². The van der Waals surface area contributed by atoms with Crippen molar-refractivity contribution >= 4 is 12.4 Å². The van der Waals surface area contributed by atoms with E-state index in [0.717, 1.165) is 5.92 Å². The van der Waals surface area contributed by atoms with Crippen LogP contribution in [0.2, 0.25) is 0 Å². The van der Waals surface area contributed by atoms with Crippen LogP contribution in [0.4, 0.5) is 0 Å². The minimum absolute atomic E-state index is 0. The fraction of sp³-hybridized carbons (Fsp3) is 0.538. The molecule has 0 amide bonds. The maximum atomic E-state index is 6.22. The van der Waals surface area contributed by atoms with Crippen molar-refractivity contribution in [1.29, 1.82) is 0 Å². The van der Waals surface area contributed by atoms with Gasteiger partial charge in [0.2, 0.25) is 0 Å². The number of aryl methyl sites for hydroxylation is 1. The molecule has 0 aromatic heterocycles. The molecule has 0 aliphatic heterocycles. The second kappa shape index (κ2) is 3.50. The van der Waals surface area contributed by atoms with Crippen LogP contribution in [0.3, 0.4) is 0 Å². The van der Waals surface area contributed by atoms with E-state index in [-0.39, 0.29) is 12.4 Å². The van der Waals surface area contributed by atoms with Crippen LogP contribution in [0.5, 0.6) is 0 Å². The van der Waals surface area contributed by atoms with Gasteiger partial charge in [-0.3, -0.25) is 0 Å². The largest absolute Gasteiger partial charge is 0.327 e. The Labute approximate surface area is 97.5 Å². The summed E-state index contributed by atoms with van der Waals surface area (Å²) in [6.07, 6.45) is 3.89. The Bertz CT molecular complexity index is 359. The molecule has 1 nitrogen and oxygen atoms in total. The Kier molecular flexibility index (Phi) is 2.56. The number of fused-ring (bicyclic) bond motifs is 1. The fourth-order valence-electron chi connectivity index (χ4n) is 3.23. The number of hydrogen-bond donors (Lipinski definition) is 1. The first kappa shape index (κ1) is 11.0. The van der Waals surface area contributed by atoms with E-state index in [9.17, 15) is 0 Å². The normalized spacial score (nSPS) is 36.9. The SMILES string of the molecule is Cc1ccc(C23CC2CCC3N)cc1.Cl. The van der Waals surface area contributed by atoms with Crippen LogP contribution in [0.25, 0.3) is 0 Å². The van der Waals surface area contributed by atoms with Gasteiger partial charge in [-0.05, 0) is 37.7 Å². The van der Waals surface area contributed by atoms with E-state index < -0.39 is 0 Å². The van der Waals surface area contributed by atoms with Crippen molar-refractivity contribution in [3.05, 3.63) is 35.4 Å². The van der Waals surface area contributed by atoms with Gasteiger partial charge in [0.25, 0.3) is 0 Å². The van der Waals surface area contributed by atoms with Gasteiger partial charge < -0.3 is 5.73 Å². The third-order valence-electron chi connectivity index (χ3n) is 4.23. The van der Waals surface area contributed by atoms with E-state index in [1.807, 2.05) is 0 Å². The summed E-state index contributed by atoms with van der Waals surface area (Å²) in [6, 6.07) is 9.39. The lowest BCUT2D eigenvalue weighted by Gasteiger charge is -2.19. The van der Waals surface area contributed by atoms with Crippen LogP contribution in [0.15, 0.2) is 24.3 Å². The predicted octanol–water partition coefficient (Wildman–Crippen LogP) is 2.80. The zero-order valence-electron chi connectivity index (χ0n) is 9.07. The van der Waals surface area contributed by atoms with Crippen molar-refractivity contribution in [2.75, 3.05) is 0 Å². The van der Waals surface area contributed by atoms with Crippen LogP contribution < -0.4 is 5.73 Å². The summed E-state index contributed by atoms with van der Waals surface area (Å²) in [7, 11) is 0. The summed E-state index contributed by atoms with van der Waals surface area (Å²) >= 11 is 0. The van der Waals surface area contributed by atoms with Gasteiger partial charge in [0.05, 0.1) is 0 Å². The molecule has 0 bridgehead atoms. The minimum atomic E-state index is 0. The lowest BCUT2D eigenvalue weighted by atomic mass is 9.89. The lowest BCUT2D eigenvalue weighted by molar-refractivity contribution is 0.544. The van der Waals surface area contributed by atoms with Gasteiger partial charge in [-0.2, -0.15) is 0 Å². The first-order valence-corrected chi connectivity index (χ1v) is 5.56. The van der Waals surface area contributed by atoms with Crippen LogP contribution in [-0.2, 0) is 5.41 Å². The Balaban J connectivity index is 0.000000853. The maximum absolute atomic E-state index is 6.22. The zero-order chi connectivity index (χ0) is 9.76. The Hall–Kier alpha value is -0.530. The molecular formula is C13H18ClN. The molecule has 0 radical (unpaired) electrons. The fourth-order valence-corrected chi connectivity index (χ4v) is 3.23. The average Bonchev–Trinajstić information content (AvgIpc) is 2.84. The van der Waals surface area contributed by atoms with E-state index >= 15 is 0 Å². The van der Waals surface area contributed by atoms with Gasteiger partial charge in [-0.25, -0.2) is 0 Å². The molecule has 0 saturated heterocycles. The molecule has 2 heteroatoms. The number of hydrogen-bond acceptors (Lipinski definition) is 1. The number of rotatable bonds is 1. The first-order valence-electron chi connectivity index (χ1n) is 5.56. The summed E-state index contributed by atoms with van der Waals surface area (Å²) in [6.45, 7) is 2.14. The molecule has 2 aliphatic carbocycles. The van der Waals surface area contributed by atoms with Crippen molar-refractivity contribution < 1.29 is 0 Å². The lowest BCUT2D eigenvalue weighted by Crippen LogP contribution is -2.32. The highest BCUT2D eigenvalue weighted by molar-refractivity contribution is 5.85. The highest BCUT2D eigenvalue weighted by Gasteiger charge is 2.62. The van der Waals surface area contributed by atoms with Gasteiger partial charge >= 0.3 is 0 Å². The maximum Gasteiger partial charge on any atom is 0.0139 e. The molecule has 2 fully saturated rings. The molecule has 2 saturated carbocycles. The molecule has 3 atom stereocenters. The third kappa shape index (κ3) is 1.41. The van der Waals surface area contributed by atoms with Crippen molar-refractivity contribution in [3.63, 3.8) is 0 Å². The van der Waals surface area contributed by atoms with Crippen LogP contribution >= 0.6 is 12.4 Å². The van der Waals surface area contributed by atoms with Crippen LogP contribution in [-0.4, -0.2) is 6.04 Å². The summed E-state index contributed by atoms with van der Waals surface area (Å²) in [5.41, 5.74) is 9.43. The van der Waals surface area contributed by atoms with Crippen LogP contribution in [0, 0.1) is 12.8 Å². The van der Waals surface area contributed by atoms with E-state index in [1.165, 1.54) is 30.4 Å². The Morgan fingerprint density at radius 1 is 1.20 bits per heavy atom. The minimum Gasteiger partial charge on any atom is -0.327 e. The third-order valence-corrected chi connectivity index (χ3v) is 4.23. The molecule has 15 heavy (non-hydrogen) atoms. The average molecular weight is 224 g/mol. The van der Waals surface area contributed by atoms with E-state index in [0.29, 0.717) is 11.5 Å². The van der Waals surface area contributed by atoms with E-state index in [2.05, 4.69) is 31.2 Å². The second-order valence-corrected chi connectivity index (χ2v) is 4.99. The Morgan fingerprint density at radius 2 is 1.87 bits per heavy atom. The highest BCUT2D eigenvalue weighted by atomic mass is 35.5. The summed E-state index contributed by atoms with van der Waals surface area (Å²) in [5, 5.41) is 0. The second-order valence-electron chi connectivity index (χ2n) is 4.99. The predicted molar refractivity (Wildman–Crippen MR) is 65.4 cm³/mol. The molecule has 1 aromatic carbocycles. The van der Waals surface area contributed by atoms with Gasteiger partial charge in [0.1, 0.15) is 0 Å². The van der Waals surface area contributed by atoms with Crippen molar-refractivity contribution in [2.24, 2.45) is 11.7 Å². The molecule has 0 heterocycles. The quantitative estimate of drug-likeness (QED) is 0.779. The number of benzene rings is 1. The van der Waals surface area contributed by atoms with Gasteiger partial charge in [0.15, 0.2) is 0 Å². The molecule has 82 valence electrons. The van der Waals surface area contributed by atoms with Crippen molar-refractivity contribution in [2.45, 2.75) is 37.6 Å². The van der Waals surface area contributed by atoms with Gasteiger partial charge in [0, 0.05) is 11.5 Å². The molecule has 3 unspecified atom stereocenters. The van der Waals surface area contributed by atoms with Gasteiger partial charge in [-0.1, -0.05) is 29.8 Å². The van der Waals surface area contributed by atoms with Gasteiger partial charge in [-0.15, -0.1) is 12.4 Å². The molecule has 0 spiro atoms. The van der Waals surface area contributed by atoms with E-state index in [1.54, 1.807) is 0 Å².